The van der Waals surface area contributed by atoms with Crippen molar-refractivity contribution < 1.29 is 24.2 Å². The normalized spacial score (nSPS) is 10.2. The number of hydrogen-bond donors (Lipinski definition) is 2. The third-order valence-corrected chi connectivity index (χ3v) is 3.57. The Kier molecular flexibility index (Phi) is 6.39. The number of methoxy groups -OCH3 is 1. The van der Waals surface area contributed by atoms with Gasteiger partial charge in [0.1, 0.15) is 11.3 Å². The zero-order valence-electron chi connectivity index (χ0n) is 14.2. The molecule has 25 heavy (non-hydrogen) atoms. The quantitative estimate of drug-likeness (QED) is 0.456. The average Bonchev–Trinajstić information content (AvgIpc) is 2.63. The molecule has 132 valence electrons. The Hall–Kier alpha value is -3.02. The monoisotopic (exact) mass is 343 g/mol. The summed E-state index contributed by atoms with van der Waals surface area (Å²) in [5.74, 6) is -0.720. The molecule has 6 nitrogen and oxygen atoms in total. The number of rotatable bonds is 7. The van der Waals surface area contributed by atoms with Gasteiger partial charge < -0.3 is 19.9 Å². The first-order valence-corrected chi connectivity index (χ1v) is 8.01. The Labute approximate surface area is 146 Å². The van der Waals surface area contributed by atoms with Crippen molar-refractivity contribution in [2.24, 2.45) is 0 Å². The van der Waals surface area contributed by atoms with E-state index in [2.05, 4.69) is 17.0 Å². The highest BCUT2D eigenvalue weighted by molar-refractivity contribution is 6.06. The predicted molar refractivity (Wildman–Crippen MR) is 94.2 cm³/mol. The van der Waals surface area contributed by atoms with Crippen molar-refractivity contribution >= 4 is 17.6 Å². The molecular weight excluding hydrogens is 322 g/mol. The predicted octanol–water partition coefficient (Wildman–Crippen LogP) is 3.61. The Morgan fingerprint density at radius 1 is 1.12 bits per heavy atom. The highest BCUT2D eigenvalue weighted by Gasteiger charge is 2.16. The SMILES string of the molecule is CCCCOc1ccc(C(=O)Nc2cccc(C(=O)OC)c2O)cc1. The van der Waals surface area contributed by atoms with Crippen LogP contribution in [0.3, 0.4) is 0 Å². The maximum absolute atomic E-state index is 12.3. The van der Waals surface area contributed by atoms with Crippen molar-refractivity contribution in [2.75, 3.05) is 19.0 Å². The van der Waals surface area contributed by atoms with Gasteiger partial charge in [-0.2, -0.15) is 0 Å². The van der Waals surface area contributed by atoms with Gasteiger partial charge in [-0.1, -0.05) is 19.4 Å². The fraction of sp³-hybridized carbons (Fsp3) is 0.263. The molecule has 0 aliphatic heterocycles. The largest absolute Gasteiger partial charge is 0.505 e. The van der Waals surface area contributed by atoms with E-state index in [1.807, 2.05) is 0 Å². The maximum Gasteiger partial charge on any atom is 0.341 e. The third kappa shape index (κ3) is 4.73. The lowest BCUT2D eigenvalue weighted by atomic mass is 10.1. The van der Waals surface area contributed by atoms with Crippen LogP contribution in [0.15, 0.2) is 42.5 Å². The van der Waals surface area contributed by atoms with Crippen LogP contribution in [-0.4, -0.2) is 30.7 Å². The van der Waals surface area contributed by atoms with Crippen LogP contribution in [0.4, 0.5) is 5.69 Å². The maximum atomic E-state index is 12.3. The number of aromatic hydroxyl groups is 1. The summed E-state index contributed by atoms with van der Waals surface area (Å²) in [4.78, 5) is 23.9. The number of esters is 1. The molecule has 2 aromatic rings. The summed E-state index contributed by atoms with van der Waals surface area (Å²) in [5.41, 5.74) is 0.529. The Morgan fingerprint density at radius 2 is 1.84 bits per heavy atom. The number of phenols is 1. The third-order valence-electron chi connectivity index (χ3n) is 3.57. The van der Waals surface area contributed by atoms with Gasteiger partial charge in [0.2, 0.25) is 0 Å². The summed E-state index contributed by atoms with van der Waals surface area (Å²) in [7, 11) is 1.22. The highest BCUT2D eigenvalue weighted by atomic mass is 16.5. The van der Waals surface area contributed by atoms with Crippen molar-refractivity contribution in [1.29, 1.82) is 0 Å². The first kappa shape index (κ1) is 18.3. The van der Waals surface area contributed by atoms with Gasteiger partial charge in [0.15, 0.2) is 5.75 Å². The van der Waals surface area contributed by atoms with Crippen LogP contribution < -0.4 is 10.1 Å². The molecule has 1 amide bonds. The number of hydrogen-bond acceptors (Lipinski definition) is 5. The molecule has 6 heteroatoms. The summed E-state index contributed by atoms with van der Waals surface area (Å²) in [6.07, 6.45) is 2.02. The second kappa shape index (κ2) is 8.73. The lowest BCUT2D eigenvalue weighted by Gasteiger charge is -2.10. The van der Waals surface area contributed by atoms with Gasteiger partial charge in [0, 0.05) is 5.56 Å². The van der Waals surface area contributed by atoms with Gasteiger partial charge in [-0.3, -0.25) is 4.79 Å². The number of carbonyl (C=O) groups excluding carboxylic acids is 2. The molecule has 0 unspecified atom stereocenters. The number of unbranched alkanes of at least 4 members (excludes halogenated alkanes) is 1. The molecule has 0 bridgehead atoms. The van der Waals surface area contributed by atoms with Crippen LogP contribution in [-0.2, 0) is 4.74 Å². The van der Waals surface area contributed by atoms with Gasteiger partial charge in [0.25, 0.3) is 5.91 Å². The second-order valence-electron chi connectivity index (χ2n) is 5.37. The van der Waals surface area contributed by atoms with Crippen molar-refractivity contribution in [3.8, 4) is 11.5 Å². The number of phenolic OH excluding ortho intramolecular Hbond substituents is 1. The molecule has 0 saturated carbocycles. The zero-order chi connectivity index (χ0) is 18.2. The minimum absolute atomic E-state index is 0.0139. The van der Waals surface area contributed by atoms with Crippen molar-refractivity contribution in [1.82, 2.24) is 0 Å². The van der Waals surface area contributed by atoms with E-state index in [9.17, 15) is 14.7 Å². The fourth-order valence-corrected chi connectivity index (χ4v) is 2.15. The molecule has 0 radical (unpaired) electrons. The summed E-state index contributed by atoms with van der Waals surface area (Å²) < 4.78 is 10.1. The minimum Gasteiger partial charge on any atom is -0.505 e. The second-order valence-corrected chi connectivity index (χ2v) is 5.37. The smallest absolute Gasteiger partial charge is 0.341 e. The van der Waals surface area contributed by atoms with Crippen molar-refractivity contribution in [3.63, 3.8) is 0 Å². The van der Waals surface area contributed by atoms with E-state index in [1.54, 1.807) is 30.3 Å². The van der Waals surface area contributed by atoms with E-state index >= 15 is 0 Å². The average molecular weight is 343 g/mol. The lowest BCUT2D eigenvalue weighted by molar-refractivity contribution is 0.0597. The van der Waals surface area contributed by atoms with E-state index in [4.69, 9.17) is 4.74 Å². The zero-order valence-corrected chi connectivity index (χ0v) is 14.2. The van der Waals surface area contributed by atoms with E-state index in [-0.39, 0.29) is 17.0 Å². The minimum atomic E-state index is -0.679. The van der Waals surface area contributed by atoms with Crippen LogP contribution in [0.25, 0.3) is 0 Å². The highest BCUT2D eigenvalue weighted by Crippen LogP contribution is 2.28. The van der Waals surface area contributed by atoms with Gasteiger partial charge in [-0.05, 0) is 42.8 Å². The molecule has 0 aliphatic rings. The summed E-state index contributed by atoms with van der Waals surface area (Å²) in [6, 6.07) is 11.2. The van der Waals surface area contributed by atoms with E-state index in [0.29, 0.717) is 17.9 Å². The number of para-hydroxylation sites is 1. The van der Waals surface area contributed by atoms with Crippen LogP contribution in [0.5, 0.6) is 11.5 Å². The van der Waals surface area contributed by atoms with Crippen LogP contribution in [0.2, 0.25) is 0 Å². The van der Waals surface area contributed by atoms with Crippen molar-refractivity contribution in [3.05, 3.63) is 53.6 Å². The van der Waals surface area contributed by atoms with Crippen molar-refractivity contribution in [2.45, 2.75) is 19.8 Å². The number of nitrogens with one attached hydrogen (secondary N) is 1. The molecule has 0 aromatic heterocycles. The molecule has 0 saturated heterocycles. The fourth-order valence-electron chi connectivity index (χ4n) is 2.15. The van der Waals surface area contributed by atoms with E-state index < -0.39 is 11.9 Å². The Bertz CT molecular complexity index is 740. The van der Waals surface area contributed by atoms with Gasteiger partial charge in [-0.25, -0.2) is 4.79 Å². The Balaban J connectivity index is 2.08. The molecule has 0 aliphatic carbocycles. The molecule has 0 atom stereocenters. The molecular formula is C19H21NO5. The molecule has 0 fully saturated rings. The summed E-state index contributed by atoms with van der Waals surface area (Å²) in [6.45, 7) is 2.72. The lowest BCUT2D eigenvalue weighted by Crippen LogP contribution is -2.13. The molecule has 2 aromatic carbocycles. The van der Waals surface area contributed by atoms with Crippen LogP contribution >= 0.6 is 0 Å². The van der Waals surface area contributed by atoms with Crippen LogP contribution in [0.1, 0.15) is 40.5 Å². The number of carbonyl (C=O) groups is 2. The molecule has 2 rings (SSSR count). The first-order chi connectivity index (χ1) is 12.1. The van der Waals surface area contributed by atoms with Gasteiger partial charge >= 0.3 is 5.97 Å². The number of benzene rings is 2. The van der Waals surface area contributed by atoms with E-state index in [1.165, 1.54) is 19.2 Å². The number of amides is 1. The van der Waals surface area contributed by atoms with Gasteiger partial charge in [-0.15, -0.1) is 0 Å². The van der Waals surface area contributed by atoms with Crippen LogP contribution in [0, 0.1) is 0 Å². The van der Waals surface area contributed by atoms with Gasteiger partial charge in [0.05, 0.1) is 19.4 Å². The number of ether oxygens (including phenoxy) is 2. The molecule has 2 N–H and O–H groups in total. The van der Waals surface area contributed by atoms with E-state index in [0.717, 1.165) is 12.8 Å². The summed E-state index contributed by atoms with van der Waals surface area (Å²) >= 11 is 0. The first-order valence-electron chi connectivity index (χ1n) is 8.01. The topological polar surface area (TPSA) is 84.9 Å². The standard InChI is InChI=1S/C19H21NO5/c1-3-4-12-25-14-10-8-13(9-11-14)18(22)20-16-7-5-6-15(17(16)21)19(23)24-2/h5-11,21H,3-4,12H2,1-2H3,(H,20,22). The Morgan fingerprint density at radius 3 is 2.48 bits per heavy atom. The molecule has 0 heterocycles. The summed E-state index contributed by atoms with van der Waals surface area (Å²) in [5, 5.41) is 12.7. The number of anilines is 1. The molecule has 0 spiro atoms.